The van der Waals surface area contributed by atoms with Crippen LogP contribution in [0, 0.1) is 0 Å². The molecule has 0 radical (unpaired) electrons. The smallest absolute Gasteiger partial charge is 0.248 e. The molecule has 0 saturated heterocycles. The second-order valence-electron chi connectivity index (χ2n) is 4.66. The average molecular weight is 243 g/mol. The first kappa shape index (κ1) is 16.4. The Morgan fingerprint density at radius 3 is 1.71 bits per heavy atom. The zero-order valence-corrected chi connectivity index (χ0v) is 11.6. The summed E-state index contributed by atoms with van der Waals surface area (Å²) in [6.45, 7) is 5.64. The Labute approximate surface area is 106 Å². The minimum absolute atomic E-state index is 0.113. The molecule has 0 rings (SSSR count). The fraction of sp³-hybridized carbons (Fsp3) is 0.929. The number of aliphatic hydroxyl groups is 1. The number of amides is 1. The van der Waals surface area contributed by atoms with E-state index in [0.29, 0.717) is 0 Å². The van der Waals surface area contributed by atoms with Gasteiger partial charge in [0.1, 0.15) is 6.61 Å². The third-order valence-corrected chi connectivity index (χ3v) is 3.05. The first-order valence-electron chi connectivity index (χ1n) is 7.14. The molecule has 1 N–H and O–H groups in total. The lowest BCUT2D eigenvalue weighted by atomic mass is 10.1. The van der Waals surface area contributed by atoms with Gasteiger partial charge in [-0.05, 0) is 12.8 Å². The fourth-order valence-electron chi connectivity index (χ4n) is 1.92. The van der Waals surface area contributed by atoms with Crippen LogP contribution >= 0.6 is 0 Å². The number of nitrogens with zero attached hydrogens (tertiary/aromatic N) is 1. The van der Waals surface area contributed by atoms with Gasteiger partial charge in [-0.2, -0.15) is 0 Å². The SMILES string of the molecule is CCCCCCN(CCCCCC)C(=O)CO. The molecule has 0 aliphatic rings. The van der Waals surface area contributed by atoms with Crippen molar-refractivity contribution >= 4 is 5.91 Å². The van der Waals surface area contributed by atoms with Gasteiger partial charge in [0.2, 0.25) is 5.91 Å². The molecule has 0 fully saturated rings. The standard InChI is InChI=1S/C14H29NO2/c1-3-5-7-9-11-15(14(17)13-16)12-10-8-6-4-2/h16H,3-13H2,1-2H3. The molecular weight excluding hydrogens is 214 g/mol. The molecule has 102 valence electrons. The Hall–Kier alpha value is -0.570. The molecule has 1 amide bonds. The van der Waals surface area contributed by atoms with E-state index < -0.39 is 0 Å². The molecule has 0 unspecified atom stereocenters. The van der Waals surface area contributed by atoms with E-state index in [-0.39, 0.29) is 12.5 Å². The van der Waals surface area contributed by atoms with Gasteiger partial charge in [0.15, 0.2) is 0 Å². The number of carbonyl (C=O) groups excluding carboxylic acids is 1. The van der Waals surface area contributed by atoms with E-state index in [1.165, 1.54) is 38.5 Å². The summed E-state index contributed by atoms with van der Waals surface area (Å²) in [5.74, 6) is -0.113. The van der Waals surface area contributed by atoms with Crippen LogP contribution in [0.3, 0.4) is 0 Å². The Morgan fingerprint density at radius 1 is 0.882 bits per heavy atom. The van der Waals surface area contributed by atoms with E-state index in [1.54, 1.807) is 0 Å². The third kappa shape index (κ3) is 9.16. The van der Waals surface area contributed by atoms with Crippen LogP contribution < -0.4 is 0 Å². The van der Waals surface area contributed by atoms with Crippen LogP contribution in [0.4, 0.5) is 0 Å². The summed E-state index contributed by atoms with van der Waals surface area (Å²) in [6.07, 6.45) is 9.38. The van der Waals surface area contributed by atoms with Crippen molar-refractivity contribution < 1.29 is 9.90 Å². The van der Waals surface area contributed by atoms with Crippen LogP contribution in [0.2, 0.25) is 0 Å². The largest absolute Gasteiger partial charge is 0.387 e. The fourth-order valence-corrected chi connectivity index (χ4v) is 1.92. The molecule has 0 aliphatic carbocycles. The number of rotatable bonds is 11. The molecule has 17 heavy (non-hydrogen) atoms. The van der Waals surface area contributed by atoms with Gasteiger partial charge in [0.25, 0.3) is 0 Å². The monoisotopic (exact) mass is 243 g/mol. The van der Waals surface area contributed by atoms with Gasteiger partial charge in [-0.25, -0.2) is 0 Å². The highest BCUT2D eigenvalue weighted by Crippen LogP contribution is 2.05. The predicted molar refractivity (Wildman–Crippen MR) is 71.9 cm³/mol. The Kier molecular flexibility index (Phi) is 11.5. The molecule has 0 spiro atoms. The first-order chi connectivity index (χ1) is 8.26. The summed E-state index contributed by atoms with van der Waals surface area (Å²) >= 11 is 0. The number of carbonyl (C=O) groups is 1. The van der Waals surface area contributed by atoms with Crippen LogP contribution in [-0.2, 0) is 4.79 Å². The quantitative estimate of drug-likeness (QED) is 0.567. The number of hydrogen-bond acceptors (Lipinski definition) is 2. The maximum atomic E-state index is 11.5. The topological polar surface area (TPSA) is 40.5 Å². The zero-order valence-electron chi connectivity index (χ0n) is 11.6. The normalized spacial score (nSPS) is 10.5. The van der Waals surface area contributed by atoms with Crippen molar-refractivity contribution in [3.05, 3.63) is 0 Å². The molecule has 3 nitrogen and oxygen atoms in total. The van der Waals surface area contributed by atoms with Gasteiger partial charge in [-0.3, -0.25) is 4.79 Å². The molecule has 0 atom stereocenters. The van der Waals surface area contributed by atoms with Gasteiger partial charge in [0.05, 0.1) is 0 Å². The summed E-state index contributed by atoms with van der Waals surface area (Å²) in [4.78, 5) is 13.3. The Morgan fingerprint density at radius 2 is 1.35 bits per heavy atom. The summed E-state index contributed by atoms with van der Waals surface area (Å²) in [5.41, 5.74) is 0. The zero-order chi connectivity index (χ0) is 12.9. The van der Waals surface area contributed by atoms with Gasteiger partial charge >= 0.3 is 0 Å². The van der Waals surface area contributed by atoms with Gasteiger partial charge in [0, 0.05) is 13.1 Å². The maximum Gasteiger partial charge on any atom is 0.248 e. The number of unbranched alkanes of at least 4 members (excludes halogenated alkanes) is 6. The molecule has 0 bridgehead atoms. The molecule has 0 aromatic heterocycles. The minimum Gasteiger partial charge on any atom is -0.387 e. The summed E-state index contributed by atoms with van der Waals surface area (Å²) < 4.78 is 0. The number of hydrogen-bond donors (Lipinski definition) is 1. The van der Waals surface area contributed by atoms with Crippen molar-refractivity contribution in [1.82, 2.24) is 4.90 Å². The molecule has 3 heteroatoms. The predicted octanol–water partition coefficient (Wildman–Crippen LogP) is 2.97. The lowest BCUT2D eigenvalue weighted by molar-refractivity contribution is -0.134. The van der Waals surface area contributed by atoms with E-state index in [4.69, 9.17) is 5.11 Å². The van der Waals surface area contributed by atoms with Crippen molar-refractivity contribution in [3.63, 3.8) is 0 Å². The lowest BCUT2D eigenvalue weighted by Gasteiger charge is -2.21. The average Bonchev–Trinajstić information content (AvgIpc) is 2.36. The van der Waals surface area contributed by atoms with Crippen molar-refractivity contribution in [2.45, 2.75) is 65.2 Å². The minimum atomic E-state index is -0.346. The second kappa shape index (κ2) is 11.9. The summed E-state index contributed by atoms with van der Waals surface area (Å²) in [6, 6.07) is 0. The molecule has 0 aromatic carbocycles. The summed E-state index contributed by atoms with van der Waals surface area (Å²) in [5, 5.41) is 8.92. The van der Waals surface area contributed by atoms with Crippen LogP contribution in [0.15, 0.2) is 0 Å². The van der Waals surface area contributed by atoms with Crippen LogP contribution in [0.25, 0.3) is 0 Å². The third-order valence-electron chi connectivity index (χ3n) is 3.05. The van der Waals surface area contributed by atoms with Crippen LogP contribution in [-0.4, -0.2) is 35.6 Å². The van der Waals surface area contributed by atoms with E-state index in [0.717, 1.165) is 25.9 Å². The highest BCUT2D eigenvalue weighted by Gasteiger charge is 2.10. The van der Waals surface area contributed by atoms with Gasteiger partial charge in [-0.1, -0.05) is 52.4 Å². The van der Waals surface area contributed by atoms with Crippen LogP contribution in [0.5, 0.6) is 0 Å². The highest BCUT2D eigenvalue weighted by atomic mass is 16.3. The van der Waals surface area contributed by atoms with Crippen LogP contribution in [0.1, 0.15) is 65.2 Å². The van der Waals surface area contributed by atoms with Crippen molar-refractivity contribution in [2.75, 3.05) is 19.7 Å². The molecular formula is C14H29NO2. The molecule has 0 saturated carbocycles. The highest BCUT2D eigenvalue weighted by molar-refractivity contribution is 5.77. The van der Waals surface area contributed by atoms with E-state index in [1.807, 2.05) is 4.90 Å². The Balaban J connectivity index is 3.76. The van der Waals surface area contributed by atoms with E-state index >= 15 is 0 Å². The first-order valence-corrected chi connectivity index (χ1v) is 7.14. The molecule has 0 heterocycles. The van der Waals surface area contributed by atoms with Crippen molar-refractivity contribution in [2.24, 2.45) is 0 Å². The van der Waals surface area contributed by atoms with Crippen molar-refractivity contribution in [1.29, 1.82) is 0 Å². The lowest BCUT2D eigenvalue weighted by Crippen LogP contribution is -2.35. The van der Waals surface area contributed by atoms with E-state index in [9.17, 15) is 4.79 Å². The second-order valence-corrected chi connectivity index (χ2v) is 4.66. The molecule has 0 aliphatic heterocycles. The summed E-state index contributed by atoms with van der Waals surface area (Å²) in [7, 11) is 0. The number of aliphatic hydroxyl groups excluding tert-OH is 1. The Bertz CT molecular complexity index is 171. The maximum absolute atomic E-state index is 11.5. The van der Waals surface area contributed by atoms with Gasteiger partial charge < -0.3 is 10.0 Å². The van der Waals surface area contributed by atoms with E-state index in [2.05, 4.69) is 13.8 Å². The molecule has 0 aromatic rings. The van der Waals surface area contributed by atoms with Gasteiger partial charge in [-0.15, -0.1) is 0 Å². The van der Waals surface area contributed by atoms with Crippen molar-refractivity contribution in [3.8, 4) is 0 Å².